The van der Waals surface area contributed by atoms with Crippen molar-refractivity contribution in [3.8, 4) is 5.75 Å². The van der Waals surface area contributed by atoms with E-state index in [-0.39, 0.29) is 11.9 Å². The second kappa shape index (κ2) is 5.87. The Morgan fingerprint density at radius 1 is 1.33 bits per heavy atom. The van der Waals surface area contributed by atoms with E-state index in [0.29, 0.717) is 11.3 Å². The number of carbonyl (C=O) groups excluding carboxylic acids is 1. The van der Waals surface area contributed by atoms with Crippen molar-refractivity contribution in [3.05, 3.63) is 29.8 Å². The van der Waals surface area contributed by atoms with Gasteiger partial charge in [-0.1, -0.05) is 25.0 Å². The highest BCUT2D eigenvalue weighted by atomic mass is 16.5. The molecule has 98 valence electrons. The fourth-order valence-electron chi connectivity index (χ4n) is 2.29. The standard InChI is InChI=1S/C14H19NO3/c1-18-12-8-6-10(7-9-12)13(16)14(17)15-11-4-2-3-5-11/h6-9,11,13,16H,2-5H2,1H3,(H,15,17). The van der Waals surface area contributed by atoms with Crippen LogP contribution in [0.1, 0.15) is 37.4 Å². The lowest BCUT2D eigenvalue weighted by Gasteiger charge is -2.16. The van der Waals surface area contributed by atoms with Crippen LogP contribution in [-0.2, 0) is 4.79 Å². The van der Waals surface area contributed by atoms with Gasteiger partial charge in [0.05, 0.1) is 7.11 Å². The number of ether oxygens (including phenoxy) is 1. The minimum atomic E-state index is -1.10. The molecule has 4 nitrogen and oxygen atoms in total. The van der Waals surface area contributed by atoms with Crippen LogP contribution in [0.5, 0.6) is 5.75 Å². The van der Waals surface area contributed by atoms with Crippen LogP contribution in [0.3, 0.4) is 0 Å². The van der Waals surface area contributed by atoms with Crippen LogP contribution < -0.4 is 10.1 Å². The van der Waals surface area contributed by atoms with E-state index in [2.05, 4.69) is 5.32 Å². The average molecular weight is 249 g/mol. The highest BCUT2D eigenvalue weighted by molar-refractivity contribution is 5.82. The fourth-order valence-corrected chi connectivity index (χ4v) is 2.29. The zero-order valence-corrected chi connectivity index (χ0v) is 10.6. The Morgan fingerprint density at radius 3 is 2.50 bits per heavy atom. The van der Waals surface area contributed by atoms with Gasteiger partial charge in [0.15, 0.2) is 6.10 Å². The number of nitrogens with one attached hydrogen (secondary N) is 1. The molecule has 2 rings (SSSR count). The first kappa shape index (κ1) is 12.9. The van der Waals surface area contributed by atoms with Gasteiger partial charge in [0, 0.05) is 6.04 Å². The summed E-state index contributed by atoms with van der Waals surface area (Å²) >= 11 is 0. The van der Waals surface area contributed by atoms with E-state index < -0.39 is 6.10 Å². The number of hydrogen-bond acceptors (Lipinski definition) is 3. The van der Waals surface area contributed by atoms with Gasteiger partial charge in [-0.25, -0.2) is 0 Å². The summed E-state index contributed by atoms with van der Waals surface area (Å²) < 4.78 is 5.03. The number of aliphatic hydroxyl groups excluding tert-OH is 1. The van der Waals surface area contributed by atoms with E-state index in [4.69, 9.17) is 4.74 Å². The minimum absolute atomic E-state index is 0.227. The molecule has 1 fully saturated rings. The van der Waals surface area contributed by atoms with Crippen LogP contribution >= 0.6 is 0 Å². The quantitative estimate of drug-likeness (QED) is 0.855. The second-order valence-corrected chi connectivity index (χ2v) is 4.67. The molecule has 0 spiro atoms. The second-order valence-electron chi connectivity index (χ2n) is 4.67. The lowest BCUT2D eigenvalue weighted by Crippen LogP contribution is -2.36. The smallest absolute Gasteiger partial charge is 0.253 e. The molecule has 0 heterocycles. The third-order valence-electron chi connectivity index (χ3n) is 3.38. The lowest BCUT2D eigenvalue weighted by atomic mass is 10.1. The largest absolute Gasteiger partial charge is 0.497 e. The molecule has 1 aromatic rings. The first-order chi connectivity index (χ1) is 8.70. The molecule has 18 heavy (non-hydrogen) atoms. The van der Waals surface area contributed by atoms with Crippen LogP contribution in [0.25, 0.3) is 0 Å². The number of methoxy groups -OCH3 is 1. The SMILES string of the molecule is COc1ccc(C(O)C(=O)NC2CCCC2)cc1. The Kier molecular flexibility index (Phi) is 4.20. The molecule has 0 saturated heterocycles. The van der Waals surface area contributed by atoms with Crippen LogP contribution in [0, 0.1) is 0 Å². The molecule has 0 aromatic heterocycles. The predicted octanol–water partition coefficient (Wildman–Crippen LogP) is 1.79. The molecular formula is C14H19NO3. The normalized spacial score (nSPS) is 17.4. The monoisotopic (exact) mass is 249 g/mol. The van der Waals surface area contributed by atoms with Crippen molar-refractivity contribution in [2.45, 2.75) is 37.8 Å². The third kappa shape index (κ3) is 3.01. The number of amides is 1. The predicted molar refractivity (Wildman–Crippen MR) is 68.4 cm³/mol. The minimum Gasteiger partial charge on any atom is -0.497 e. The van der Waals surface area contributed by atoms with Gasteiger partial charge >= 0.3 is 0 Å². The Balaban J connectivity index is 1.95. The van der Waals surface area contributed by atoms with Gasteiger partial charge in [-0.3, -0.25) is 4.79 Å². The number of aliphatic hydroxyl groups is 1. The van der Waals surface area contributed by atoms with Crippen molar-refractivity contribution in [1.82, 2.24) is 5.32 Å². The fraction of sp³-hybridized carbons (Fsp3) is 0.500. The van der Waals surface area contributed by atoms with Gasteiger partial charge in [0.25, 0.3) is 5.91 Å². The van der Waals surface area contributed by atoms with E-state index in [0.717, 1.165) is 25.7 Å². The topological polar surface area (TPSA) is 58.6 Å². The highest BCUT2D eigenvalue weighted by Gasteiger charge is 2.22. The molecule has 1 unspecified atom stereocenters. The van der Waals surface area contributed by atoms with E-state index in [1.54, 1.807) is 31.4 Å². The maximum atomic E-state index is 11.9. The van der Waals surface area contributed by atoms with Crippen LogP contribution in [0.2, 0.25) is 0 Å². The number of hydrogen-bond donors (Lipinski definition) is 2. The van der Waals surface area contributed by atoms with Crippen LogP contribution in [-0.4, -0.2) is 24.2 Å². The third-order valence-corrected chi connectivity index (χ3v) is 3.38. The lowest BCUT2D eigenvalue weighted by molar-refractivity contribution is -0.130. The molecule has 1 aromatic carbocycles. The van der Waals surface area contributed by atoms with E-state index >= 15 is 0 Å². The van der Waals surface area contributed by atoms with Crippen molar-refractivity contribution < 1.29 is 14.6 Å². The maximum absolute atomic E-state index is 11.9. The van der Waals surface area contributed by atoms with Crippen LogP contribution in [0.4, 0.5) is 0 Å². The molecule has 4 heteroatoms. The Labute approximate surface area is 107 Å². The molecule has 1 aliphatic rings. The average Bonchev–Trinajstić information content (AvgIpc) is 2.91. The summed E-state index contributed by atoms with van der Waals surface area (Å²) in [7, 11) is 1.58. The number of rotatable bonds is 4. The highest BCUT2D eigenvalue weighted by Crippen LogP contribution is 2.21. The van der Waals surface area contributed by atoms with E-state index in [1.807, 2.05) is 0 Å². The van der Waals surface area contributed by atoms with Crippen LogP contribution in [0.15, 0.2) is 24.3 Å². The summed E-state index contributed by atoms with van der Waals surface area (Å²) in [6, 6.07) is 7.11. The van der Waals surface area contributed by atoms with E-state index in [1.165, 1.54) is 0 Å². The van der Waals surface area contributed by atoms with Crippen molar-refractivity contribution in [2.24, 2.45) is 0 Å². The molecule has 0 bridgehead atoms. The molecular weight excluding hydrogens is 230 g/mol. The first-order valence-electron chi connectivity index (χ1n) is 6.33. The van der Waals surface area contributed by atoms with Gasteiger partial charge in [0.2, 0.25) is 0 Å². The maximum Gasteiger partial charge on any atom is 0.253 e. The molecule has 0 aliphatic heterocycles. The van der Waals surface area contributed by atoms with Gasteiger partial charge < -0.3 is 15.2 Å². The summed E-state index contributed by atoms with van der Waals surface area (Å²) in [6.07, 6.45) is 3.24. The molecule has 1 aliphatic carbocycles. The summed E-state index contributed by atoms with van der Waals surface area (Å²) in [5.41, 5.74) is 0.589. The molecule has 1 saturated carbocycles. The summed E-state index contributed by atoms with van der Waals surface area (Å²) in [5.74, 6) is 0.397. The Hall–Kier alpha value is -1.55. The van der Waals surface area contributed by atoms with E-state index in [9.17, 15) is 9.90 Å². The molecule has 1 atom stereocenters. The van der Waals surface area contributed by atoms with Gasteiger partial charge in [-0.2, -0.15) is 0 Å². The van der Waals surface area contributed by atoms with Crippen molar-refractivity contribution in [3.63, 3.8) is 0 Å². The Morgan fingerprint density at radius 2 is 1.94 bits per heavy atom. The Bertz CT molecular complexity index is 396. The number of benzene rings is 1. The summed E-state index contributed by atoms with van der Waals surface area (Å²) in [4.78, 5) is 11.9. The van der Waals surface area contributed by atoms with Gasteiger partial charge in [0.1, 0.15) is 5.75 Å². The zero-order valence-electron chi connectivity index (χ0n) is 10.6. The van der Waals surface area contributed by atoms with Gasteiger partial charge in [-0.15, -0.1) is 0 Å². The molecule has 0 radical (unpaired) electrons. The first-order valence-corrected chi connectivity index (χ1v) is 6.33. The van der Waals surface area contributed by atoms with Crippen molar-refractivity contribution in [2.75, 3.05) is 7.11 Å². The van der Waals surface area contributed by atoms with Crippen molar-refractivity contribution in [1.29, 1.82) is 0 Å². The van der Waals surface area contributed by atoms with Crippen molar-refractivity contribution >= 4 is 5.91 Å². The molecule has 2 N–H and O–H groups in total. The number of carbonyl (C=O) groups is 1. The summed E-state index contributed by atoms with van der Waals surface area (Å²) in [5, 5.41) is 12.8. The zero-order chi connectivity index (χ0) is 13.0. The van der Waals surface area contributed by atoms with Gasteiger partial charge in [-0.05, 0) is 30.5 Å². The molecule has 1 amide bonds. The summed E-state index contributed by atoms with van der Waals surface area (Å²) in [6.45, 7) is 0.